The first-order chi connectivity index (χ1) is 12.4. The van der Waals surface area contributed by atoms with Gasteiger partial charge in [0.15, 0.2) is 5.75 Å². The largest absolute Gasteiger partial charge is 0.747 e. The van der Waals surface area contributed by atoms with Crippen molar-refractivity contribution >= 4 is 16.5 Å². The van der Waals surface area contributed by atoms with Crippen molar-refractivity contribution in [1.29, 1.82) is 0 Å². The van der Waals surface area contributed by atoms with Crippen LogP contribution in [0.4, 0.5) is 0 Å². The minimum atomic E-state index is -2.64. The fourth-order valence-corrected chi connectivity index (χ4v) is 6.80. The van der Waals surface area contributed by atoms with Crippen LogP contribution in [0.1, 0.15) is 56.1 Å². The van der Waals surface area contributed by atoms with Gasteiger partial charge in [0, 0.05) is 14.5 Å². The predicted octanol–water partition coefficient (Wildman–Crippen LogP) is 4.61. The highest BCUT2D eigenvalue weighted by Crippen LogP contribution is 2.62. The molecule has 1 aromatic rings. The molecule has 0 aliphatic heterocycles. The average Bonchev–Trinajstić information content (AvgIpc) is 2.90. The van der Waals surface area contributed by atoms with Crippen molar-refractivity contribution in [3.05, 3.63) is 29.3 Å². The molecule has 26 heavy (non-hydrogen) atoms. The third-order valence-electron chi connectivity index (χ3n) is 7.01. The van der Waals surface area contributed by atoms with E-state index in [0.29, 0.717) is 23.5 Å². The van der Waals surface area contributed by atoms with Gasteiger partial charge in [0.1, 0.15) is 6.10 Å². The third kappa shape index (κ3) is 3.12. The molecule has 0 amide bonds. The van der Waals surface area contributed by atoms with Gasteiger partial charge in [-0.25, -0.2) is 4.52 Å². The number of rotatable bonds is 4. The smallest absolute Gasteiger partial charge is 0.229 e. The van der Waals surface area contributed by atoms with Crippen molar-refractivity contribution < 1.29 is 28.0 Å². The summed E-state index contributed by atoms with van der Waals surface area (Å²) in [6.45, 7) is 2.23. The fourth-order valence-electron chi connectivity index (χ4n) is 5.94. The van der Waals surface area contributed by atoms with Crippen molar-refractivity contribution in [2.45, 2.75) is 57.5 Å². The minimum Gasteiger partial charge on any atom is -0.229 e. The van der Waals surface area contributed by atoms with Crippen LogP contribution in [0.15, 0.2) is 18.2 Å². The van der Waals surface area contributed by atoms with E-state index in [9.17, 15) is 14.0 Å². The monoisotopic (exact) mass is 398 g/mol. The highest BCUT2D eigenvalue weighted by Gasteiger charge is 2.57. The van der Waals surface area contributed by atoms with Gasteiger partial charge in [-0.1, -0.05) is 13.0 Å². The second-order valence-corrected chi connectivity index (χ2v) is 9.40. The van der Waals surface area contributed by atoms with Crippen LogP contribution in [0.25, 0.3) is 0 Å². The summed E-state index contributed by atoms with van der Waals surface area (Å²) in [5.74, 6) is 2.01. The zero-order valence-electron chi connectivity index (χ0n) is 14.7. The van der Waals surface area contributed by atoms with Gasteiger partial charge in [0.05, 0.1) is 0 Å². The number of benzene rings is 1. The lowest BCUT2D eigenvalue weighted by Crippen LogP contribution is -2.44. The van der Waals surface area contributed by atoms with Crippen LogP contribution in [0.3, 0.4) is 0 Å². The zero-order chi connectivity index (χ0) is 18.5. The quantitative estimate of drug-likeness (QED) is 0.720. The molecule has 6 nitrogen and oxygen atoms in total. The molecule has 2 fully saturated rings. The van der Waals surface area contributed by atoms with E-state index in [1.165, 1.54) is 11.1 Å². The van der Waals surface area contributed by atoms with Crippen molar-refractivity contribution in [3.63, 3.8) is 0 Å². The molecule has 7 atom stereocenters. The molecular weight excluding hydrogens is 374 g/mol. The first kappa shape index (κ1) is 18.5. The van der Waals surface area contributed by atoms with Crippen LogP contribution >= 0.6 is 16.5 Å². The summed E-state index contributed by atoms with van der Waals surface area (Å²) in [6.07, 6.45) is 5.82. The Bertz CT molecular complexity index is 753. The van der Waals surface area contributed by atoms with Crippen molar-refractivity contribution in [1.82, 2.24) is 0 Å². The van der Waals surface area contributed by atoms with Crippen LogP contribution in [0.5, 0.6) is 5.75 Å². The van der Waals surface area contributed by atoms with Crippen molar-refractivity contribution in [2.24, 2.45) is 17.3 Å². The molecule has 2 N–H and O–H groups in total. The molecule has 1 aromatic carbocycles. The molecule has 2 saturated carbocycles. The molecule has 0 spiro atoms. The Balaban J connectivity index is 1.58. The molecule has 3 aliphatic rings. The van der Waals surface area contributed by atoms with Gasteiger partial charge in [-0.3, -0.25) is 0 Å². The Labute approximate surface area is 154 Å². The summed E-state index contributed by atoms with van der Waals surface area (Å²) in [6, 6.07) is 5.74. The van der Waals surface area contributed by atoms with Crippen LogP contribution in [-0.2, 0) is 20.1 Å². The Morgan fingerprint density at radius 2 is 1.92 bits per heavy atom. The van der Waals surface area contributed by atoms with Crippen molar-refractivity contribution in [3.8, 4) is 5.75 Å². The Kier molecular flexibility index (Phi) is 4.92. The predicted molar refractivity (Wildman–Crippen MR) is 96.2 cm³/mol. The zero-order valence-corrected chi connectivity index (χ0v) is 16.5. The van der Waals surface area contributed by atoms with E-state index in [-0.39, 0.29) is 11.5 Å². The summed E-state index contributed by atoms with van der Waals surface area (Å²) in [4.78, 5) is 18.2. The maximum absolute atomic E-state index is 11.2. The third-order valence-corrected chi connectivity index (χ3v) is 7.81. The SMILES string of the molecule is C[C@]12CC[C@@H]3c4ccc(O[P+](=O)O)cc4CC[C@H]3[C@@H]1CC[C@@H]2O[P+](=O)O. The molecule has 8 heteroatoms. The summed E-state index contributed by atoms with van der Waals surface area (Å²) in [5.41, 5.74) is 2.53. The molecular formula is C18H24O6P2+2. The van der Waals surface area contributed by atoms with E-state index in [0.717, 1.165) is 38.5 Å². The second-order valence-electron chi connectivity index (χ2n) is 8.06. The van der Waals surface area contributed by atoms with Crippen LogP contribution in [0.2, 0.25) is 0 Å². The normalized spacial score (nSPS) is 36.6. The van der Waals surface area contributed by atoms with Crippen molar-refractivity contribution in [2.75, 3.05) is 0 Å². The van der Waals surface area contributed by atoms with Crippen LogP contribution in [-0.4, -0.2) is 15.9 Å². The van der Waals surface area contributed by atoms with E-state index in [4.69, 9.17) is 13.9 Å². The number of fused-ring (bicyclic) bond motifs is 5. The maximum Gasteiger partial charge on any atom is 0.747 e. The Hall–Kier alpha value is -0.900. The number of hydrogen-bond acceptors (Lipinski definition) is 4. The number of hydrogen-bond donors (Lipinski definition) is 2. The van der Waals surface area contributed by atoms with Crippen LogP contribution < -0.4 is 4.52 Å². The molecule has 0 radical (unpaired) electrons. The van der Waals surface area contributed by atoms with Gasteiger partial charge in [0.2, 0.25) is 0 Å². The first-order valence-corrected chi connectivity index (χ1v) is 11.4. The van der Waals surface area contributed by atoms with Gasteiger partial charge >= 0.3 is 16.5 Å². The van der Waals surface area contributed by atoms with E-state index >= 15 is 0 Å². The standard InChI is InChI=1S/C18H22O6P2/c1-18-9-8-14-13-5-3-12(23-25(19)20)10-11(13)2-4-15(14)16(18)6-7-17(18)24-26(21)22/h3,5,10,14-17H,2,4,6-9H2,1H3/p+2/t14-,15-,16+,17+,18+/m1/s1. The lowest BCUT2D eigenvalue weighted by atomic mass is 9.55. The van der Waals surface area contributed by atoms with Gasteiger partial charge in [-0.2, -0.15) is 0 Å². The van der Waals surface area contributed by atoms with Gasteiger partial charge in [-0.15, -0.1) is 14.3 Å². The number of aryl methyl sites for hydroxylation is 1. The molecule has 140 valence electrons. The maximum atomic E-state index is 11.2. The second kappa shape index (κ2) is 6.92. The molecule has 4 rings (SSSR count). The fraction of sp³-hybridized carbons (Fsp3) is 0.667. The first-order valence-electron chi connectivity index (χ1n) is 9.18. The lowest BCUT2D eigenvalue weighted by Gasteiger charge is -2.49. The average molecular weight is 398 g/mol. The highest BCUT2D eigenvalue weighted by atomic mass is 31.1. The summed E-state index contributed by atoms with van der Waals surface area (Å²) in [5, 5.41) is 0. The van der Waals surface area contributed by atoms with E-state index in [1.807, 2.05) is 6.07 Å². The molecule has 0 bridgehead atoms. The molecule has 2 unspecified atom stereocenters. The topological polar surface area (TPSA) is 93.1 Å². The lowest BCUT2D eigenvalue weighted by molar-refractivity contribution is -0.0115. The van der Waals surface area contributed by atoms with Crippen LogP contribution in [0, 0.1) is 17.3 Å². The Morgan fingerprint density at radius 1 is 1.12 bits per heavy atom. The molecule has 0 heterocycles. The van der Waals surface area contributed by atoms with Gasteiger partial charge < -0.3 is 0 Å². The molecule has 3 aliphatic carbocycles. The molecule has 0 aromatic heterocycles. The highest BCUT2D eigenvalue weighted by molar-refractivity contribution is 7.32. The molecule has 0 saturated heterocycles. The Morgan fingerprint density at radius 3 is 2.65 bits per heavy atom. The summed E-state index contributed by atoms with van der Waals surface area (Å²) < 4.78 is 32.4. The van der Waals surface area contributed by atoms with E-state index in [2.05, 4.69) is 13.0 Å². The minimum absolute atomic E-state index is 0.0231. The van der Waals surface area contributed by atoms with E-state index < -0.39 is 16.5 Å². The summed E-state index contributed by atoms with van der Waals surface area (Å²) >= 11 is 0. The van der Waals surface area contributed by atoms with E-state index in [1.54, 1.807) is 6.07 Å². The van der Waals surface area contributed by atoms with Gasteiger partial charge in [-0.05, 0) is 79.5 Å². The van der Waals surface area contributed by atoms with Gasteiger partial charge in [0.25, 0.3) is 0 Å². The summed E-state index contributed by atoms with van der Waals surface area (Å²) in [7, 11) is -5.20.